The minimum absolute atomic E-state index is 0.149. The molecule has 164 valence electrons. The van der Waals surface area contributed by atoms with Crippen molar-refractivity contribution in [1.82, 2.24) is 14.7 Å². The lowest BCUT2D eigenvalue weighted by molar-refractivity contribution is 0.0143. The number of carbonyl (C=O) groups excluding carboxylic acids is 2. The zero-order chi connectivity index (χ0) is 22.8. The average Bonchev–Trinajstić information content (AvgIpc) is 3.12. The number of amides is 2. The highest BCUT2D eigenvalue weighted by Crippen LogP contribution is 2.31. The Kier molecular flexibility index (Phi) is 6.15. The highest BCUT2D eigenvalue weighted by molar-refractivity contribution is 5.98. The quantitative estimate of drug-likeness (QED) is 0.770. The van der Waals surface area contributed by atoms with Gasteiger partial charge in [0.15, 0.2) is 5.82 Å². The van der Waals surface area contributed by atoms with Crippen molar-refractivity contribution in [3.63, 3.8) is 0 Å². The number of anilines is 2. The minimum atomic E-state index is -0.685. The predicted octanol–water partition coefficient (Wildman–Crippen LogP) is 3.19. The molecule has 0 saturated carbocycles. The molecule has 2 heterocycles. The number of hydrogen-bond acceptors (Lipinski definition) is 6. The van der Waals surface area contributed by atoms with E-state index in [4.69, 9.17) is 10.5 Å². The largest absolute Gasteiger partial charge is 0.444 e. The first-order valence-electron chi connectivity index (χ1n) is 9.86. The second kappa shape index (κ2) is 8.63. The number of rotatable bonds is 4. The third-order valence-electron chi connectivity index (χ3n) is 4.84. The van der Waals surface area contributed by atoms with Gasteiger partial charge >= 0.3 is 6.09 Å². The molecule has 31 heavy (non-hydrogen) atoms. The van der Waals surface area contributed by atoms with Crippen LogP contribution in [0.2, 0.25) is 0 Å². The maximum Gasteiger partial charge on any atom is 0.410 e. The van der Waals surface area contributed by atoms with Crippen LogP contribution in [-0.4, -0.2) is 45.4 Å². The van der Waals surface area contributed by atoms with Crippen molar-refractivity contribution in [3.8, 4) is 6.07 Å². The fourth-order valence-corrected chi connectivity index (χ4v) is 3.38. The Hall–Kier alpha value is -3.61. The summed E-state index contributed by atoms with van der Waals surface area (Å²) in [5.74, 6) is -1.42. The number of nitrogens with two attached hydrogens (primary N) is 1. The van der Waals surface area contributed by atoms with Crippen LogP contribution < -0.4 is 11.1 Å². The molecule has 1 aliphatic heterocycles. The molecule has 1 unspecified atom stereocenters. The van der Waals surface area contributed by atoms with Gasteiger partial charge in [0.2, 0.25) is 0 Å². The van der Waals surface area contributed by atoms with Crippen molar-refractivity contribution >= 4 is 23.5 Å². The van der Waals surface area contributed by atoms with Crippen LogP contribution in [0.1, 0.15) is 43.6 Å². The first-order chi connectivity index (χ1) is 14.6. The van der Waals surface area contributed by atoms with Crippen molar-refractivity contribution in [3.05, 3.63) is 41.8 Å². The predicted molar refractivity (Wildman–Crippen MR) is 111 cm³/mol. The van der Waals surface area contributed by atoms with Crippen LogP contribution in [0.15, 0.2) is 30.5 Å². The summed E-state index contributed by atoms with van der Waals surface area (Å²) in [7, 11) is 0. The number of nitriles is 1. The number of ether oxygens (including phenoxy) is 1. The maximum atomic E-state index is 13.2. The molecule has 2 atom stereocenters. The number of piperidine rings is 1. The van der Waals surface area contributed by atoms with E-state index in [-0.39, 0.29) is 29.8 Å². The van der Waals surface area contributed by atoms with Crippen LogP contribution in [0, 0.1) is 23.1 Å². The molecule has 1 aliphatic rings. The number of halogens is 1. The highest BCUT2D eigenvalue weighted by Gasteiger charge is 2.35. The molecule has 9 nitrogen and oxygen atoms in total. The van der Waals surface area contributed by atoms with Crippen LogP contribution in [0.4, 0.5) is 20.7 Å². The maximum absolute atomic E-state index is 13.2. The lowest BCUT2D eigenvalue weighted by atomic mass is 9.94. The first-order valence-corrected chi connectivity index (χ1v) is 9.86. The number of likely N-dealkylation sites (tertiary alicyclic amines) is 1. The van der Waals surface area contributed by atoms with Crippen LogP contribution >= 0.6 is 0 Å². The lowest BCUT2D eigenvalue weighted by Crippen LogP contribution is -2.46. The van der Waals surface area contributed by atoms with Gasteiger partial charge in [-0.05, 0) is 51.5 Å². The normalized spacial score (nSPS) is 18.9. The second-order valence-electron chi connectivity index (χ2n) is 8.39. The standard InChI is InChI=1S/C21H25FN6O3/c1-21(2,3)31-20(30)27-9-8-17(13(10-23)11-27)28-12-16(18(24)29)19(26-28)25-15-6-4-14(22)5-7-15/h4-7,12-13,17H,8-9,11H2,1-3H3,(H2,24,29)(H,25,26)/t13?,17-/m0/s1. The summed E-state index contributed by atoms with van der Waals surface area (Å²) in [5, 5.41) is 17.1. The Morgan fingerprint density at radius 1 is 1.32 bits per heavy atom. The molecule has 0 spiro atoms. The summed E-state index contributed by atoms with van der Waals surface area (Å²) in [6.45, 7) is 5.91. The summed E-state index contributed by atoms with van der Waals surface area (Å²) in [5.41, 5.74) is 5.55. The third-order valence-corrected chi connectivity index (χ3v) is 4.84. The number of nitrogens with zero attached hydrogens (tertiary/aromatic N) is 4. The molecule has 1 aromatic carbocycles. The van der Waals surface area contributed by atoms with E-state index in [1.807, 2.05) is 0 Å². The number of benzene rings is 1. The van der Waals surface area contributed by atoms with Crippen molar-refractivity contribution in [1.29, 1.82) is 5.26 Å². The molecule has 2 aromatic rings. The van der Waals surface area contributed by atoms with Gasteiger partial charge in [-0.2, -0.15) is 10.4 Å². The van der Waals surface area contributed by atoms with Gasteiger partial charge in [0.1, 0.15) is 17.0 Å². The van der Waals surface area contributed by atoms with Gasteiger partial charge in [-0.25, -0.2) is 9.18 Å². The number of primary amides is 1. The molecule has 1 aromatic heterocycles. The molecule has 0 bridgehead atoms. The highest BCUT2D eigenvalue weighted by atomic mass is 19.1. The molecular formula is C21H25FN6O3. The van der Waals surface area contributed by atoms with Gasteiger partial charge in [-0.15, -0.1) is 0 Å². The lowest BCUT2D eigenvalue weighted by Gasteiger charge is -2.36. The molecule has 0 radical (unpaired) electrons. The van der Waals surface area contributed by atoms with E-state index in [1.165, 1.54) is 40.0 Å². The monoisotopic (exact) mass is 428 g/mol. The van der Waals surface area contributed by atoms with E-state index in [9.17, 15) is 19.2 Å². The number of carbonyl (C=O) groups is 2. The molecule has 10 heteroatoms. The van der Waals surface area contributed by atoms with Gasteiger partial charge in [-0.3, -0.25) is 9.48 Å². The Morgan fingerprint density at radius 2 is 2.00 bits per heavy atom. The number of aromatic nitrogens is 2. The van der Waals surface area contributed by atoms with E-state index in [2.05, 4.69) is 16.5 Å². The zero-order valence-corrected chi connectivity index (χ0v) is 17.6. The number of nitrogens with one attached hydrogen (secondary N) is 1. The Balaban J connectivity index is 1.80. The molecule has 1 fully saturated rings. The van der Waals surface area contributed by atoms with Crippen molar-refractivity contribution in [2.75, 3.05) is 18.4 Å². The SMILES string of the molecule is CC(C)(C)OC(=O)N1CC[C@H](n2cc(C(N)=O)c(Nc3ccc(F)cc3)n2)C(C#N)C1. The first kappa shape index (κ1) is 22.1. The van der Waals surface area contributed by atoms with Gasteiger partial charge in [-0.1, -0.05) is 0 Å². The van der Waals surface area contributed by atoms with E-state index in [0.29, 0.717) is 18.7 Å². The second-order valence-corrected chi connectivity index (χ2v) is 8.39. The Labute approximate surface area is 179 Å². The van der Waals surface area contributed by atoms with E-state index >= 15 is 0 Å². The smallest absolute Gasteiger partial charge is 0.410 e. The van der Waals surface area contributed by atoms with Gasteiger partial charge < -0.3 is 20.7 Å². The van der Waals surface area contributed by atoms with Crippen LogP contribution in [0.5, 0.6) is 0 Å². The molecule has 0 aliphatic carbocycles. The van der Waals surface area contributed by atoms with Gasteiger partial charge in [0.25, 0.3) is 5.91 Å². The molecule has 2 amide bonds. The third kappa shape index (κ3) is 5.31. The molecule has 3 N–H and O–H groups in total. The average molecular weight is 428 g/mol. The van der Waals surface area contributed by atoms with Crippen molar-refractivity contribution < 1.29 is 18.7 Å². The molecule has 1 saturated heterocycles. The fourth-order valence-electron chi connectivity index (χ4n) is 3.38. The van der Waals surface area contributed by atoms with Crippen LogP contribution in [-0.2, 0) is 4.74 Å². The van der Waals surface area contributed by atoms with Gasteiger partial charge in [0, 0.05) is 25.0 Å². The summed E-state index contributed by atoms with van der Waals surface area (Å²) >= 11 is 0. The summed E-state index contributed by atoms with van der Waals surface area (Å²) in [6.07, 6.45) is 1.47. The van der Waals surface area contributed by atoms with Crippen LogP contribution in [0.25, 0.3) is 0 Å². The summed E-state index contributed by atoms with van der Waals surface area (Å²) in [4.78, 5) is 25.8. The summed E-state index contributed by atoms with van der Waals surface area (Å²) in [6, 6.07) is 7.45. The topological polar surface area (TPSA) is 126 Å². The Morgan fingerprint density at radius 3 is 2.58 bits per heavy atom. The van der Waals surface area contributed by atoms with Crippen LogP contribution in [0.3, 0.4) is 0 Å². The summed E-state index contributed by atoms with van der Waals surface area (Å²) < 4.78 is 20.1. The number of hydrogen-bond donors (Lipinski definition) is 2. The zero-order valence-electron chi connectivity index (χ0n) is 17.6. The molecular weight excluding hydrogens is 403 g/mol. The van der Waals surface area contributed by atoms with E-state index in [1.54, 1.807) is 20.8 Å². The van der Waals surface area contributed by atoms with E-state index < -0.39 is 23.5 Å². The van der Waals surface area contributed by atoms with Crippen molar-refractivity contribution in [2.45, 2.75) is 38.8 Å². The van der Waals surface area contributed by atoms with E-state index in [0.717, 1.165) is 0 Å². The van der Waals surface area contributed by atoms with Crippen molar-refractivity contribution in [2.24, 2.45) is 11.7 Å². The van der Waals surface area contributed by atoms with Gasteiger partial charge in [0.05, 0.1) is 18.0 Å². The Bertz CT molecular complexity index is 1010. The molecule has 3 rings (SSSR count). The fraction of sp³-hybridized carbons (Fsp3) is 0.429. The minimum Gasteiger partial charge on any atom is -0.444 e.